The third-order valence-corrected chi connectivity index (χ3v) is 4.78. The standard InChI is InChI=1S/C22H17ClN4O6/c23-18-8-7-15(13-19(18)27(31)32)21(29)16-5-1-2-6-17(16)22(30)33-14-20(28)26(11-3-9-24)12-4-10-25/h1-2,5-8,13H,3-4,11-12,14H2. The molecule has 10 nitrogen and oxygen atoms in total. The molecule has 2 aromatic rings. The second kappa shape index (κ2) is 11.9. The van der Waals surface area contributed by atoms with Crippen LogP contribution in [0.4, 0.5) is 5.69 Å². The molecule has 33 heavy (non-hydrogen) atoms. The van der Waals surface area contributed by atoms with Crippen LogP contribution in [-0.2, 0) is 9.53 Å². The number of hydrogen-bond acceptors (Lipinski definition) is 8. The van der Waals surface area contributed by atoms with E-state index >= 15 is 0 Å². The average molecular weight is 469 g/mol. The molecule has 0 heterocycles. The number of halogens is 1. The number of amides is 1. The molecule has 0 saturated carbocycles. The van der Waals surface area contributed by atoms with Crippen LogP contribution in [0.2, 0.25) is 5.02 Å². The Morgan fingerprint density at radius 3 is 2.21 bits per heavy atom. The number of hydrogen-bond donors (Lipinski definition) is 0. The van der Waals surface area contributed by atoms with Gasteiger partial charge in [0.2, 0.25) is 0 Å². The van der Waals surface area contributed by atoms with Crippen LogP contribution >= 0.6 is 11.6 Å². The highest BCUT2D eigenvalue weighted by Crippen LogP contribution is 2.27. The summed E-state index contributed by atoms with van der Waals surface area (Å²) in [5.41, 5.74) is -0.713. The summed E-state index contributed by atoms with van der Waals surface area (Å²) in [6.07, 6.45) is 0.103. The first kappa shape index (κ1) is 25.0. The SMILES string of the molecule is N#CCCN(CCC#N)C(=O)COC(=O)c1ccccc1C(=O)c1ccc(Cl)c([N+](=O)[O-])c1. The molecule has 168 valence electrons. The number of carbonyl (C=O) groups excluding carboxylic acids is 3. The van der Waals surface area contributed by atoms with E-state index in [0.29, 0.717) is 0 Å². The number of nitriles is 2. The second-order valence-corrected chi connectivity index (χ2v) is 6.98. The zero-order valence-corrected chi connectivity index (χ0v) is 17.9. The molecule has 0 aliphatic heterocycles. The summed E-state index contributed by atoms with van der Waals surface area (Å²) in [5, 5.41) is 28.4. The van der Waals surface area contributed by atoms with Gasteiger partial charge in [0.25, 0.3) is 11.6 Å². The summed E-state index contributed by atoms with van der Waals surface area (Å²) in [4.78, 5) is 49.5. The lowest BCUT2D eigenvalue weighted by Gasteiger charge is -2.20. The molecule has 0 bridgehead atoms. The summed E-state index contributed by atoms with van der Waals surface area (Å²) < 4.78 is 5.06. The summed E-state index contributed by atoms with van der Waals surface area (Å²) in [6.45, 7) is -0.484. The van der Waals surface area contributed by atoms with Crippen molar-refractivity contribution < 1.29 is 24.0 Å². The maximum absolute atomic E-state index is 12.9. The van der Waals surface area contributed by atoms with Crippen molar-refractivity contribution in [2.24, 2.45) is 0 Å². The fraction of sp³-hybridized carbons (Fsp3) is 0.227. The lowest BCUT2D eigenvalue weighted by Crippen LogP contribution is -2.36. The Labute approximate surface area is 193 Å². The van der Waals surface area contributed by atoms with Gasteiger partial charge in [-0.2, -0.15) is 10.5 Å². The van der Waals surface area contributed by atoms with E-state index in [1.54, 1.807) is 0 Å². The lowest BCUT2D eigenvalue weighted by molar-refractivity contribution is -0.384. The van der Waals surface area contributed by atoms with E-state index in [-0.39, 0.29) is 47.6 Å². The third-order valence-electron chi connectivity index (χ3n) is 4.46. The van der Waals surface area contributed by atoms with Crippen molar-refractivity contribution in [3.05, 3.63) is 74.3 Å². The van der Waals surface area contributed by atoms with Gasteiger partial charge in [-0.05, 0) is 18.2 Å². The topological polar surface area (TPSA) is 154 Å². The van der Waals surface area contributed by atoms with Crippen molar-refractivity contribution in [1.82, 2.24) is 4.90 Å². The first-order chi connectivity index (χ1) is 15.8. The molecule has 2 rings (SSSR count). The van der Waals surface area contributed by atoms with Gasteiger partial charge in [-0.3, -0.25) is 19.7 Å². The predicted octanol–water partition coefficient (Wildman–Crippen LogP) is 3.29. The molecule has 0 fully saturated rings. The second-order valence-electron chi connectivity index (χ2n) is 6.57. The smallest absolute Gasteiger partial charge is 0.339 e. The van der Waals surface area contributed by atoms with Gasteiger partial charge in [-0.25, -0.2) is 4.79 Å². The minimum atomic E-state index is -0.948. The Hall–Kier alpha value is -4.28. The zero-order valence-electron chi connectivity index (χ0n) is 17.2. The van der Waals surface area contributed by atoms with E-state index in [1.807, 2.05) is 12.1 Å². The maximum Gasteiger partial charge on any atom is 0.339 e. The fourth-order valence-electron chi connectivity index (χ4n) is 2.84. The Bertz CT molecular complexity index is 1150. The maximum atomic E-state index is 12.9. The Kier molecular flexibility index (Phi) is 9.04. The normalized spacial score (nSPS) is 9.91. The number of carbonyl (C=O) groups is 3. The highest BCUT2D eigenvalue weighted by Gasteiger charge is 2.23. The number of rotatable bonds is 10. The molecule has 0 atom stereocenters. The largest absolute Gasteiger partial charge is 0.452 e. The van der Waals surface area contributed by atoms with E-state index in [4.69, 9.17) is 26.9 Å². The number of ether oxygens (including phenoxy) is 1. The summed E-state index contributed by atoms with van der Waals surface area (Å²) >= 11 is 5.78. The van der Waals surface area contributed by atoms with Crippen LogP contribution in [0.5, 0.6) is 0 Å². The van der Waals surface area contributed by atoms with Gasteiger partial charge in [0.1, 0.15) is 5.02 Å². The number of nitrogens with zero attached hydrogens (tertiary/aromatic N) is 4. The molecule has 0 aliphatic carbocycles. The molecule has 2 aromatic carbocycles. The van der Waals surface area contributed by atoms with Gasteiger partial charge < -0.3 is 9.64 Å². The molecule has 11 heteroatoms. The van der Waals surface area contributed by atoms with Gasteiger partial charge in [0.05, 0.1) is 35.5 Å². The summed E-state index contributed by atoms with van der Waals surface area (Å²) in [5.74, 6) is -2.21. The number of ketones is 1. The Morgan fingerprint density at radius 2 is 1.64 bits per heavy atom. The van der Waals surface area contributed by atoms with Crippen LogP contribution in [0.15, 0.2) is 42.5 Å². The van der Waals surface area contributed by atoms with E-state index in [0.717, 1.165) is 6.07 Å². The van der Waals surface area contributed by atoms with Crippen molar-refractivity contribution in [2.45, 2.75) is 12.8 Å². The monoisotopic (exact) mass is 468 g/mol. The minimum absolute atomic E-state index is 0.0513. The van der Waals surface area contributed by atoms with Crippen LogP contribution in [0, 0.1) is 32.8 Å². The van der Waals surface area contributed by atoms with Gasteiger partial charge in [-0.15, -0.1) is 0 Å². The van der Waals surface area contributed by atoms with Gasteiger partial charge in [0, 0.05) is 30.3 Å². The van der Waals surface area contributed by atoms with Crippen LogP contribution < -0.4 is 0 Å². The zero-order chi connectivity index (χ0) is 24.4. The van der Waals surface area contributed by atoms with Gasteiger partial charge >= 0.3 is 5.97 Å². The highest BCUT2D eigenvalue weighted by atomic mass is 35.5. The van der Waals surface area contributed by atoms with Crippen molar-refractivity contribution in [1.29, 1.82) is 10.5 Å². The molecule has 0 saturated heterocycles. The predicted molar refractivity (Wildman–Crippen MR) is 115 cm³/mol. The van der Waals surface area contributed by atoms with Crippen LogP contribution in [-0.4, -0.2) is 47.2 Å². The van der Waals surface area contributed by atoms with E-state index < -0.39 is 34.9 Å². The van der Waals surface area contributed by atoms with Crippen molar-refractivity contribution >= 4 is 34.9 Å². The highest BCUT2D eigenvalue weighted by molar-refractivity contribution is 6.33. The van der Waals surface area contributed by atoms with E-state index in [9.17, 15) is 24.5 Å². The molecule has 0 unspecified atom stereocenters. The van der Waals surface area contributed by atoms with Crippen molar-refractivity contribution in [3.8, 4) is 12.1 Å². The number of esters is 1. The fourth-order valence-corrected chi connectivity index (χ4v) is 3.02. The van der Waals surface area contributed by atoms with Gasteiger partial charge in [0.15, 0.2) is 12.4 Å². The molecular weight excluding hydrogens is 452 g/mol. The van der Waals surface area contributed by atoms with Gasteiger partial charge in [-0.1, -0.05) is 29.8 Å². The van der Waals surface area contributed by atoms with E-state index in [2.05, 4.69) is 0 Å². The average Bonchev–Trinajstić information content (AvgIpc) is 2.82. The third kappa shape index (κ3) is 6.60. The minimum Gasteiger partial charge on any atom is -0.452 e. The Balaban J connectivity index is 2.20. The van der Waals surface area contributed by atoms with Crippen molar-refractivity contribution in [3.63, 3.8) is 0 Å². The molecular formula is C22H17ClN4O6. The molecule has 1 amide bonds. The molecule has 0 aromatic heterocycles. The van der Waals surface area contributed by atoms with E-state index in [1.165, 1.54) is 41.3 Å². The summed E-state index contributed by atoms with van der Waals surface area (Å²) in [7, 11) is 0. The summed E-state index contributed by atoms with van der Waals surface area (Å²) in [6, 6.07) is 13.0. The quantitative estimate of drug-likeness (QED) is 0.222. The first-order valence-electron chi connectivity index (χ1n) is 9.56. The number of benzene rings is 2. The molecule has 0 aliphatic rings. The first-order valence-corrected chi connectivity index (χ1v) is 9.94. The number of nitro groups is 1. The molecule has 0 spiro atoms. The van der Waals surface area contributed by atoms with Crippen molar-refractivity contribution in [2.75, 3.05) is 19.7 Å². The molecule has 0 N–H and O–H groups in total. The molecule has 0 radical (unpaired) electrons. The van der Waals surface area contributed by atoms with Crippen LogP contribution in [0.3, 0.4) is 0 Å². The number of nitro benzene ring substituents is 1. The Morgan fingerprint density at radius 1 is 1.03 bits per heavy atom. The van der Waals surface area contributed by atoms with Crippen LogP contribution in [0.25, 0.3) is 0 Å². The lowest BCUT2D eigenvalue weighted by atomic mass is 9.98. The van der Waals surface area contributed by atoms with Crippen LogP contribution in [0.1, 0.15) is 39.1 Å².